The van der Waals surface area contributed by atoms with Crippen LogP contribution in [0, 0.1) is 0 Å². The predicted octanol–water partition coefficient (Wildman–Crippen LogP) is 3.94. The van der Waals surface area contributed by atoms with Crippen LogP contribution in [0.2, 0.25) is 0 Å². The number of esters is 1. The molecule has 0 saturated carbocycles. The molecule has 1 N–H and O–H groups in total. The molecule has 0 radical (unpaired) electrons. The van der Waals surface area contributed by atoms with Crippen molar-refractivity contribution in [2.45, 2.75) is 48.6 Å². The number of nitrogens with zero attached hydrogens (tertiary/aromatic N) is 2. The number of amides is 3. The van der Waals surface area contributed by atoms with Gasteiger partial charge in [-0.25, -0.2) is 4.79 Å². The van der Waals surface area contributed by atoms with Gasteiger partial charge in [-0.1, -0.05) is 43.0 Å². The third-order valence-electron chi connectivity index (χ3n) is 5.47. The molecule has 2 atom stereocenters. The third-order valence-corrected chi connectivity index (χ3v) is 6.60. The highest BCUT2D eigenvalue weighted by Gasteiger charge is 2.40. The lowest BCUT2D eigenvalue weighted by atomic mass is 10.1. The molecule has 2 aliphatic heterocycles. The Morgan fingerprint density at radius 2 is 1.74 bits per heavy atom. The van der Waals surface area contributed by atoms with E-state index in [1.807, 2.05) is 55.5 Å². The normalized spacial score (nSPS) is 18.5. The van der Waals surface area contributed by atoms with Crippen molar-refractivity contribution in [3.63, 3.8) is 0 Å². The van der Waals surface area contributed by atoms with E-state index in [4.69, 9.17) is 4.74 Å². The summed E-state index contributed by atoms with van der Waals surface area (Å²) in [7, 11) is 0. The van der Waals surface area contributed by atoms with Gasteiger partial charge >= 0.3 is 12.0 Å². The van der Waals surface area contributed by atoms with Gasteiger partial charge in [-0.05, 0) is 37.6 Å². The van der Waals surface area contributed by atoms with Gasteiger partial charge in [0.1, 0.15) is 6.04 Å². The van der Waals surface area contributed by atoms with E-state index < -0.39 is 12.0 Å². The molecule has 0 aromatic heterocycles. The molecule has 3 amide bonds. The second-order valence-corrected chi connectivity index (χ2v) is 8.65. The first-order valence-corrected chi connectivity index (χ1v) is 11.2. The maximum absolute atomic E-state index is 13.8. The molecule has 8 heteroatoms. The van der Waals surface area contributed by atoms with E-state index in [1.165, 1.54) is 4.90 Å². The molecule has 162 valence electrons. The van der Waals surface area contributed by atoms with Gasteiger partial charge in [-0.2, -0.15) is 0 Å². The second-order valence-electron chi connectivity index (χ2n) is 7.57. The van der Waals surface area contributed by atoms with E-state index >= 15 is 0 Å². The Labute approximate surface area is 185 Å². The maximum Gasteiger partial charge on any atom is 0.329 e. The summed E-state index contributed by atoms with van der Waals surface area (Å²) in [5.74, 6) is -0.821. The van der Waals surface area contributed by atoms with Gasteiger partial charge in [0.25, 0.3) is 0 Å². The minimum atomic E-state index is -0.910. The quantitative estimate of drug-likeness (QED) is 0.730. The van der Waals surface area contributed by atoms with Crippen LogP contribution < -0.4 is 10.2 Å². The van der Waals surface area contributed by atoms with Gasteiger partial charge in [0.2, 0.25) is 5.91 Å². The van der Waals surface area contributed by atoms with Crippen LogP contribution in [0.1, 0.15) is 26.7 Å². The van der Waals surface area contributed by atoms with Crippen molar-refractivity contribution >= 4 is 41.0 Å². The van der Waals surface area contributed by atoms with Crippen LogP contribution in [0.5, 0.6) is 0 Å². The topological polar surface area (TPSA) is 79.0 Å². The summed E-state index contributed by atoms with van der Waals surface area (Å²) in [4.78, 5) is 43.9. The molecule has 7 nitrogen and oxygen atoms in total. The number of para-hydroxylation sites is 2. The van der Waals surface area contributed by atoms with Crippen molar-refractivity contribution < 1.29 is 19.1 Å². The van der Waals surface area contributed by atoms with Gasteiger partial charge in [-0.3, -0.25) is 14.5 Å². The van der Waals surface area contributed by atoms with Crippen LogP contribution in [0.15, 0.2) is 58.3 Å². The highest BCUT2D eigenvalue weighted by atomic mass is 32.2. The SMILES string of the molecule is CCC(C)OC(=O)CC1C(=O)NCCN1C(=O)N1c2ccccc2Sc2ccccc21. The number of hydrogen-bond donors (Lipinski definition) is 1. The third kappa shape index (κ3) is 4.25. The Morgan fingerprint density at radius 1 is 1.13 bits per heavy atom. The molecule has 2 aliphatic rings. The summed E-state index contributed by atoms with van der Waals surface area (Å²) >= 11 is 1.61. The van der Waals surface area contributed by atoms with Crippen LogP contribution in [-0.4, -0.2) is 48.0 Å². The molecule has 2 aromatic carbocycles. The highest BCUT2D eigenvalue weighted by Crippen LogP contribution is 2.48. The van der Waals surface area contributed by atoms with Gasteiger partial charge in [0.05, 0.1) is 23.9 Å². The zero-order valence-electron chi connectivity index (χ0n) is 17.5. The second kappa shape index (κ2) is 9.01. The van der Waals surface area contributed by atoms with Crippen molar-refractivity contribution in [3.8, 4) is 0 Å². The summed E-state index contributed by atoms with van der Waals surface area (Å²) < 4.78 is 5.36. The van der Waals surface area contributed by atoms with Gasteiger partial charge < -0.3 is 15.0 Å². The molecular weight excluding hydrogens is 414 g/mol. The van der Waals surface area contributed by atoms with Crippen molar-refractivity contribution in [2.75, 3.05) is 18.0 Å². The van der Waals surface area contributed by atoms with Crippen LogP contribution >= 0.6 is 11.8 Å². The first kappa shape index (κ1) is 21.2. The Morgan fingerprint density at radius 3 is 2.35 bits per heavy atom. The van der Waals surface area contributed by atoms with E-state index in [-0.39, 0.29) is 24.5 Å². The number of anilines is 2. The lowest BCUT2D eigenvalue weighted by Crippen LogP contribution is -2.60. The van der Waals surface area contributed by atoms with E-state index in [0.717, 1.165) is 21.2 Å². The number of ether oxygens (including phenoxy) is 1. The Bertz CT molecular complexity index is 966. The molecule has 31 heavy (non-hydrogen) atoms. The Hall–Kier alpha value is -3.00. The molecule has 4 rings (SSSR count). The van der Waals surface area contributed by atoms with Crippen LogP contribution in [0.4, 0.5) is 16.2 Å². The summed E-state index contributed by atoms with van der Waals surface area (Å²) in [6.45, 7) is 4.39. The minimum Gasteiger partial charge on any atom is -0.463 e. The first-order chi connectivity index (χ1) is 15.0. The van der Waals surface area contributed by atoms with Gasteiger partial charge in [-0.15, -0.1) is 0 Å². The first-order valence-electron chi connectivity index (χ1n) is 10.4. The number of nitrogens with one attached hydrogen (secondary N) is 1. The largest absolute Gasteiger partial charge is 0.463 e. The molecule has 0 bridgehead atoms. The Kier molecular flexibility index (Phi) is 6.18. The van der Waals surface area contributed by atoms with Crippen molar-refractivity contribution in [2.24, 2.45) is 0 Å². The monoisotopic (exact) mass is 439 g/mol. The van der Waals surface area contributed by atoms with E-state index in [2.05, 4.69) is 5.32 Å². The lowest BCUT2D eigenvalue weighted by molar-refractivity contribution is -0.151. The fourth-order valence-corrected chi connectivity index (χ4v) is 4.76. The summed E-state index contributed by atoms with van der Waals surface area (Å²) in [6.07, 6.45) is 0.277. The van der Waals surface area contributed by atoms with E-state index in [1.54, 1.807) is 23.6 Å². The minimum absolute atomic E-state index is 0.173. The number of carbonyl (C=O) groups is 3. The maximum atomic E-state index is 13.8. The number of rotatable bonds is 4. The van der Waals surface area contributed by atoms with E-state index in [0.29, 0.717) is 19.5 Å². The fraction of sp³-hybridized carbons (Fsp3) is 0.348. The summed E-state index contributed by atoms with van der Waals surface area (Å²) in [5.41, 5.74) is 1.53. The van der Waals surface area contributed by atoms with Gasteiger partial charge in [0, 0.05) is 22.9 Å². The zero-order valence-corrected chi connectivity index (χ0v) is 18.4. The molecule has 2 aromatic rings. The zero-order chi connectivity index (χ0) is 22.0. The average Bonchev–Trinajstić information content (AvgIpc) is 2.78. The van der Waals surface area contributed by atoms with Crippen LogP contribution in [-0.2, 0) is 14.3 Å². The molecular formula is C23H25N3O4S. The van der Waals surface area contributed by atoms with Gasteiger partial charge in [0.15, 0.2) is 0 Å². The molecule has 2 unspecified atom stereocenters. The molecule has 0 spiro atoms. The number of piperazine rings is 1. The van der Waals surface area contributed by atoms with Crippen LogP contribution in [0.3, 0.4) is 0 Å². The molecule has 0 aliphatic carbocycles. The average molecular weight is 440 g/mol. The van der Waals surface area contributed by atoms with Crippen molar-refractivity contribution in [3.05, 3.63) is 48.5 Å². The van der Waals surface area contributed by atoms with Crippen molar-refractivity contribution in [1.29, 1.82) is 0 Å². The van der Waals surface area contributed by atoms with Crippen molar-refractivity contribution in [1.82, 2.24) is 10.2 Å². The molecule has 1 fully saturated rings. The lowest BCUT2D eigenvalue weighted by Gasteiger charge is -2.40. The Balaban J connectivity index is 1.66. The number of benzene rings is 2. The highest BCUT2D eigenvalue weighted by molar-refractivity contribution is 7.99. The fourth-order valence-electron chi connectivity index (χ4n) is 3.70. The number of fused-ring (bicyclic) bond motifs is 2. The standard InChI is InChI=1S/C23H25N3O4S/c1-3-15(2)30-21(27)14-18-22(28)24-12-13-25(18)23(29)26-16-8-4-6-10-19(16)31-20-11-7-5-9-17(20)26/h4-11,15,18H,3,12-14H2,1-2H3,(H,24,28). The number of carbonyl (C=O) groups excluding carboxylic acids is 3. The predicted molar refractivity (Wildman–Crippen MR) is 119 cm³/mol. The molecule has 1 saturated heterocycles. The summed E-state index contributed by atoms with van der Waals surface area (Å²) in [5, 5.41) is 2.77. The van der Waals surface area contributed by atoms with Crippen LogP contribution in [0.25, 0.3) is 0 Å². The van der Waals surface area contributed by atoms with E-state index in [9.17, 15) is 14.4 Å². The number of hydrogen-bond acceptors (Lipinski definition) is 5. The molecule has 2 heterocycles. The smallest absolute Gasteiger partial charge is 0.329 e. The number of urea groups is 1. The summed E-state index contributed by atoms with van der Waals surface area (Å²) in [6, 6.07) is 14.1.